The second-order valence-corrected chi connectivity index (χ2v) is 8.91. The van der Waals surface area contributed by atoms with Crippen molar-refractivity contribution in [2.45, 2.75) is 51.2 Å². The van der Waals surface area contributed by atoms with Gasteiger partial charge in [0.1, 0.15) is 6.61 Å². The van der Waals surface area contributed by atoms with E-state index in [4.69, 9.17) is 4.74 Å². The lowest BCUT2D eigenvalue weighted by Gasteiger charge is -2.30. The number of rotatable bonds is 5. The standard InChI is InChI=1S/C26H30N4O3/c1-17-19(15-18-7-9-20(10-8-18)30-13-4-11-28-30)16-21(25-24(17)27-12-14-33-25)26(32)29-22-5-2-3-6-23(22)31/h4,7-11,13,16,22-23,27,31H,2-3,5-6,12,14-15H2,1H3,(H,29,32)/t22-,23-/m0/s1. The summed E-state index contributed by atoms with van der Waals surface area (Å²) in [6.07, 6.45) is 7.45. The van der Waals surface area contributed by atoms with Crippen LogP contribution in [0, 0.1) is 6.92 Å². The summed E-state index contributed by atoms with van der Waals surface area (Å²) in [6, 6.07) is 11.9. The molecule has 1 aliphatic carbocycles. The number of carbonyl (C=O) groups is 1. The SMILES string of the molecule is Cc1c(Cc2ccc(-n3cccn3)cc2)cc(C(=O)N[C@H]2CCCC[C@@H]2O)c2c1NCCO2. The lowest BCUT2D eigenvalue weighted by atomic mass is 9.91. The molecule has 1 aromatic heterocycles. The van der Waals surface area contributed by atoms with Crippen molar-refractivity contribution in [1.29, 1.82) is 0 Å². The normalized spacial score (nSPS) is 19.8. The molecule has 3 N–H and O–H groups in total. The summed E-state index contributed by atoms with van der Waals surface area (Å²) in [5.41, 5.74) is 5.75. The van der Waals surface area contributed by atoms with Crippen LogP contribution in [0.1, 0.15) is 52.7 Å². The molecule has 0 bridgehead atoms. The first kappa shape index (κ1) is 21.5. The van der Waals surface area contributed by atoms with Crippen LogP contribution in [0.4, 0.5) is 5.69 Å². The summed E-state index contributed by atoms with van der Waals surface area (Å²) in [6.45, 7) is 3.30. The largest absolute Gasteiger partial charge is 0.489 e. The van der Waals surface area contributed by atoms with E-state index in [0.717, 1.165) is 53.7 Å². The Balaban J connectivity index is 1.43. The van der Waals surface area contributed by atoms with Gasteiger partial charge in [0.05, 0.1) is 29.1 Å². The predicted molar refractivity (Wildman–Crippen MR) is 127 cm³/mol. The van der Waals surface area contributed by atoms with E-state index in [1.165, 1.54) is 0 Å². The monoisotopic (exact) mass is 446 g/mol. The highest BCUT2D eigenvalue weighted by molar-refractivity contribution is 6.00. The van der Waals surface area contributed by atoms with Crippen molar-refractivity contribution >= 4 is 11.6 Å². The molecule has 2 atom stereocenters. The highest BCUT2D eigenvalue weighted by Gasteiger charge is 2.28. The molecule has 1 fully saturated rings. The van der Waals surface area contributed by atoms with E-state index >= 15 is 0 Å². The Hall–Kier alpha value is -3.32. The third-order valence-electron chi connectivity index (χ3n) is 6.69. The van der Waals surface area contributed by atoms with Crippen molar-refractivity contribution in [3.05, 3.63) is 71.0 Å². The summed E-state index contributed by atoms with van der Waals surface area (Å²) in [5, 5.41) is 21.1. The summed E-state index contributed by atoms with van der Waals surface area (Å²) in [4.78, 5) is 13.3. The topological polar surface area (TPSA) is 88.4 Å². The molecule has 2 aromatic carbocycles. The van der Waals surface area contributed by atoms with E-state index in [1.54, 1.807) is 6.20 Å². The molecule has 0 spiro atoms. The maximum absolute atomic E-state index is 13.3. The molecule has 7 heteroatoms. The molecule has 2 aliphatic rings. The lowest BCUT2D eigenvalue weighted by molar-refractivity contribution is 0.0714. The molecule has 1 aliphatic heterocycles. The van der Waals surface area contributed by atoms with Gasteiger partial charge in [0, 0.05) is 18.9 Å². The van der Waals surface area contributed by atoms with Gasteiger partial charge in [-0.3, -0.25) is 4.79 Å². The van der Waals surface area contributed by atoms with Gasteiger partial charge in [0.25, 0.3) is 5.91 Å². The molecule has 5 rings (SSSR count). The fraction of sp³-hybridized carbons (Fsp3) is 0.385. The number of hydrogen-bond donors (Lipinski definition) is 3. The van der Waals surface area contributed by atoms with Crippen LogP contribution >= 0.6 is 0 Å². The Labute approximate surface area is 193 Å². The van der Waals surface area contributed by atoms with Crippen LogP contribution in [0.15, 0.2) is 48.8 Å². The van der Waals surface area contributed by atoms with E-state index in [9.17, 15) is 9.90 Å². The van der Waals surface area contributed by atoms with Gasteiger partial charge in [-0.2, -0.15) is 5.10 Å². The molecular weight excluding hydrogens is 416 g/mol. The molecule has 2 heterocycles. The number of ether oxygens (including phenoxy) is 1. The minimum Gasteiger partial charge on any atom is -0.489 e. The molecule has 172 valence electrons. The molecule has 7 nitrogen and oxygen atoms in total. The van der Waals surface area contributed by atoms with Crippen LogP contribution in [-0.4, -0.2) is 46.1 Å². The maximum atomic E-state index is 13.3. The van der Waals surface area contributed by atoms with Crippen LogP contribution in [0.2, 0.25) is 0 Å². The molecule has 3 aromatic rings. The van der Waals surface area contributed by atoms with Crippen molar-refractivity contribution in [3.8, 4) is 11.4 Å². The second kappa shape index (κ2) is 9.27. The van der Waals surface area contributed by atoms with Gasteiger partial charge in [0.2, 0.25) is 0 Å². The average Bonchev–Trinajstić information content (AvgIpc) is 3.38. The summed E-state index contributed by atoms with van der Waals surface area (Å²) in [7, 11) is 0. The first-order chi connectivity index (χ1) is 16.1. The fourth-order valence-corrected chi connectivity index (χ4v) is 4.79. The molecular formula is C26H30N4O3. The molecule has 0 saturated heterocycles. The number of anilines is 1. The zero-order valence-corrected chi connectivity index (χ0v) is 18.9. The van der Waals surface area contributed by atoms with Crippen molar-refractivity contribution in [2.24, 2.45) is 0 Å². The van der Waals surface area contributed by atoms with Gasteiger partial charge in [-0.05, 0) is 67.1 Å². The first-order valence-corrected chi connectivity index (χ1v) is 11.7. The molecule has 1 saturated carbocycles. The van der Waals surface area contributed by atoms with E-state index in [2.05, 4.69) is 46.9 Å². The lowest BCUT2D eigenvalue weighted by Crippen LogP contribution is -2.45. The number of amides is 1. The zero-order chi connectivity index (χ0) is 22.8. The Kier molecular flexibility index (Phi) is 6.05. The number of nitrogens with zero attached hydrogens (tertiary/aromatic N) is 2. The van der Waals surface area contributed by atoms with E-state index in [1.807, 2.05) is 23.0 Å². The number of hydrogen-bond acceptors (Lipinski definition) is 5. The van der Waals surface area contributed by atoms with Crippen molar-refractivity contribution in [2.75, 3.05) is 18.5 Å². The number of benzene rings is 2. The van der Waals surface area contributed by atoms with Gasteiger partial charge in [0.15, 0.2) is 5.75 Å². The number of nitrogens with one attached hydrogen (secondary N) is 2. The molecule has 33 heavy (non-hydrogen) atoms. The van der Waals surface area contributed by atoms with Gasteiger partial charge >= 0.3 is 0 Å². The Morgan fingerprint density at radius 3 is 2.85 bits per heavy atom. The Bertz CT molecular complexity index is 1130. The smallest absolute Gasteiger partial charge is 0.255 e. The number of aromatic nitrogens is 2. The zero-order valence-electron chi connectivity index (χ0n) is 18.9. The minimum absolute atomic E-state index is 0.184. The second-order valence-electron chi connectivity index (χ2n) is 8.91. The average molecular weight is 447 g/mol. The van der Waals surface area contributed by atoms with E-state index in [-0.39, 0.29) is 11.9 Å². The number of aliphatic hydroxyl groups excluding tert-OH is 1. The van der Waals surface area contributed by atoms with Crippen molar-refractivity contribution < 1.29 is 14.6 Å². The highest BCUT2D eigenvalue weighted by Crippen LogP contribution is 2.38. The highest BCUT2D eigenvalue weighted by atomic mass is 16.5. The summed E-state index contributed by atoms with van der Waals surface area (Å²) >= 11 is 0. The number of carbonyl (C=O) groups excluding carboxylic acids is 1. The van der Waals surface area contributed by atoms with Gasteiger partial charge in [-0.15, -0.1) is 0 Å². The van der Waals surface area contributed by atoms with Crippen LogP contribution in [-0.2, 0) is 6.42 Å². The number of aliphatic hydroxyl groups is 1. The first-order valence-electron chi connectivity index (χ1n) is 11.7. The van der Waals surface area contributed by atoms with Gasteiger partial charge in [-0.25, -0.2) is 4.68 Å². The minimum atomic E-state index is -0.490. The molecule has 0 unspecified atom stereocenters. The third-order valence-corrected chi connectivity index (χ3v) is 6.69. The van der Waals surface area contributed by atoms with Gasteiger partial charge < -0.3 is 20.5 Å². The van der Waals surface area contributed by atoms with Crippen LogP contribution in [0.5, 0.6) is 5.75 Å². The van der Waals surface area contributed by atoms with Crippen LogP contribution in [0.3, 0.4) is 0 Å². The predicted octanol–water partition coefficient (Wildman–Crippen LogP) is 3.61. The quantitative estimate of drug-likeness (QED) is 0.557. The Morgan fingerprint density at radius 1 is 1.27 bits per heavy atom. The van der Waals surface area contributed by atoms with E-state index < -0.39 is 6.10 Å². The molecule has 0 radical (unpaired) electrons. The van der Waals surface area contributed by atoms with Crippen molar-refractivity contribution in [3.63, 3.8) is 0 Å². The molecule has 1 amide bonds. The Morgan fingerprint density at radius 2 is 2.09 bits per heavy atom. The third kappa shape index (κ3) is 4.46. The van der Waals surface area contributed by atoms with Crippen LogP contribution < -0.4 is 15.4 Å². The fourth-order valence-electron chi connectivity index (χ4n) is 4.79. The number of fused-ring (bicyclic) bond motifs is 1. The van der Waals surface area contributed by atoms with Crippen LogP contribution in [0.25, 0.3) is 5.69 Å². The van der Waals surface area contributed by atoms with Crippen molar-refractivity contribution in [1.82, 2.24) is 15.1 Å². The summed E-state index contributed by atoms with van der Waals surface area (Å²) in [5.74, 6) is 0.426. The maximum Gasteiger partial charge on any atom is 0.255 e. The van der Waals surface area contributed by atoms with Gasteiger partial charge in [-0.1, -0.05) is 25.0 Å². The summed E-state index contributed by atoms with van der Waals surface area (Å²) < 4.78 is 7.77. The van der Waals surface area contributed by atoms with E-state index in [0.29, 0.717) is 30.9 Å².